The lowest BCUT2D eigenvalue weighted by atomic mass is 9.91. The molecular formula is C16H32N2S. The molecule has 0 aromatic rings. The van der Waals surface area contributed by atoms with Crippen molar-refractivity contribution in [2.45, 2.75) is 76.8 Å². The number of rotatable bonds is 2. The fourth-order valence-electron chi connectivity index (χ4n) is 3.64. The van der Waals surface area contributed by atoms with Crippen LogP contribution in [0.5, 0.6) is 0 Å². The third kappa shape index (κ3) is 2.98. The van der Waals surface area contributed by atoms with E-state index in [1.54, 1.807) is 0 Å². The average molecular weight is 285 g/mol. The molecule has 1 spiro atoms. The molecule has 2 aliphatic heterocycles. The lowest BCUT2D eigenvalue weighted by Gasteiger charge is -2.53. The van der Waals surface area contributed by atoms with Gasteiger partial charge in [0.25, 0.3) is 0 Å². The Hall–Kier alpha value is 0.270. The number of hydrogen-bond acceptors (Lipinski definition) is 3. The van der Waals surface area contributed by atoms with Crippen molar-refractivity contribution in [2.75, 3.05) is 25.4 Å². The molecule has 0 aromatic carbocycles. The highest BCUT2D eigenvalue weighted by molar-refractivity contribution is 8.00. The Bertz CT molecular complexity index is 321. The molecule has 0 aromatic heterocycles. The van der Waals surface area contributed by atoms with Crippen LogP contribution in [0.2, 0.25) is 0 Å². The fourth-order valence-corrected chi connectivity index (χ4v) is 5.35. The predicted molar refractivity (Wildman–Crippen MR) is 86.8 cm³/mol. The van der Waals surface area contributed by atoms with Gasteiger partial charge in [-0.15, -0.1) is 11.8 Å². The summed E-state index contributed by atoms with van der Waals surface area (Å²) in [7, 11) is 0. The van der Waals surface area contributed by atoms with Gasteiger partial charge >= 0.3 is 0 Å². The highest BCUT2D eigenvalue weighted by Crippen LogP contribution is 2.47. The second kappa shape index (κ2) is 5.23. The Morgan fingerprint density at radius 3 is 2.37 bits per heavy atom. The molecule has 3 heteroatoms. The van der Waals surface area contributed by atoms with Crippen LogP contribution in [-0.2, 0) is 0 Å². The third-order valence-electron chi connectivity index (χ3n) is 5.14. The average Bonchev–Trinajstić information content (AvgIpc) is 2.72. The molecule has 0 radical (unpaired) electrons. The molecular weight excluding hydrogens is 252 g/mol. The summed E-state index contributed by atoms with van der Waals surface area (Å²) in [5.74, 6) is 1.30. The lowest BCUT2D eigenvalue weighted by molar-refractivity contribution is -0.00907. The molecule has 2 rings (SSSR count). The molecule has 0 bridgehead atoms. The number of likely N-dealkylation sites (tertiary alicyclic amines) is 1. The maximum Gasteiger partial charge on any atom is 0.0804 e. The normalized spacial score (nSPS) is 31.3. The summed E-state index contributed by atoms with van der Waals surface area (Å²) in [5.41, 5.74) is 0.642. The van der Waals surface area contributed by atoms with Gasteiger partial charge in [-0.1, -0.05) is 6.92 Å². The van der Waals surface area contributed by atoms with Crippen molar-refractivity contribution < 1.29 is 0 Å². The van der Waals surface area contributed by atoms with E-state index in [0.717, 1.165) is 0 Å². The van der Waals surface area contributed by atoms with Crippen LogP contribution >= 0.6 is 11.8 Å². The lowest BCUT2D eigenvalue weighted by Crippen LogP contribution is -2.62. The summed E-state index contributed by atoms with van der Waals surface area (Å²) in [5, 5.41) is 0. The maximum absolute atomic E-state index is 2.78. The van der Waals surface area contributed by atoms with Gasteiger partial charge in [-0.2, -0.15) is 0 Å². The van der Waals surface area contributed by atoms with Crippen LogP contribution in [0.25, 0.3) is 0 Å². The second-order valence-electron chi connectivity index (χ2n) is 7.81. The molecule has 19 heavy (non-hydrogen) atoms. The van der Waals surface area contributed by atoms with E-state index in [4.69, 9.17) is 0 Å². The van der Waals surface area contributed by atoms with Gasteiger partial charge in [0.15, 0.2) is 0 Å². The number of hydrogen-bond donors (Lipinski definition) is 0. The van der Waals surface area contributed by atoms with Crippen LogP contribution < -0.4 is 0 Å². The molecule has 112 valence electrons. The summed E-state index contributed by atoms with van der Waals surface area (Å²) < 4.78 is 0. The van der Waals surface area contributed by atoms with Crippen molar-refractivity contribution in [1.82, 2.24) is 9.80 Å². The van der Waals surface area contributed by atoms with Crippen molar-refractivity contribution in [3.63, 3.8) is 0 Å². The first kappa shape index (κ1) is 15.7. The van der Waals surface area contributed by atoms with Crippen molar-refractivity contribution in [3.05, 3.63) is 0 Å². The van der Waals surface area contributed by atoms with Crippen LogP contribution in [-0.4, -0.2) is 51.1 Å². The molecule has 1 atom stereocenters. The van der Waals surface area contributed by atoms with Crippen LogP contribution in [0.15, 0.2) is 0 Å². The van der Waals surface area contributed by atoms with E-state index in [0.29, 0.717) is 15.9 Å². The first-order valence-corrected chi connectivity index (χ1v) is 8.87. The summed E-state index contributed by atoms with van der Waals surface area (Å²) in [6.07, 6.45) is 3.96. The molecule has 0 N–H and O–H groups in total. The molecule has 2 saturated heterocycles. The van der Waals surface area contributed by atoms with Crippen LogP contribution in [0, 0.1) is 0 Å². The van der Waals surface area contributed by atoms with E-state index >= 15 is 0 Å². The first-order chi connectivity index (χ1) is 8.71. The highest BCUT2D eigenvalue weighted by atomic mass is 32.2. The minimum Gasteiger partial charge on any atom is -0.296 e. The zero-order valence-electron chi connectivity index (χ0n) is 13.8. The third-order valence-corrected chi connectivity index (χ3v) is 6.62. The largest absolute Gasteiger partial charge is 0.296 e. The quantitative estimate of drug-likeness (QED) is 0.761. The molecule has 2 heterocycles. The molecule has 0 aliphatic carbocycles. The van der Waals surface area contributed by atoms with Gasteiger partial charge in [-0.05, 0) is 60.4 Å². The highest BCUT2D eigenvalue weighted by Gasteiger charge is 2.50. The van der Waals surface area contributed by atoms with Crippen molar-refractivity contribution in [3.8, 4) is 0 Å². The van der Waals surface area contributed by atoms with Gasteiger partial charge in [0.05, 0.1) is 4.87 Å². The molecule has 0 amide bonds. The zero-order chi connectivity index (χ0) is 14.3. The predicted octanol–water partition coefficient (Wildman–Crippen LogP) is 3.81. The Morgan fingerprint density at radius 2 is 1.79 bits per heavy atom. The Labute approximate surface area is 124 Å². The number of thioether (sulfide) groups is 1. The van der Waals surface area contributed by atoms with E-state index in [2.05, 4.69) is 63.1 Å². The summed E-state index contributed by atoms with van der Waals surface area (Å²) >= 11 is 2.22. The SMILES string of the molecule is CCC(C)(C)N1CCCC2(C1)SCCN2C(C)(C)C. The van der Waals surface area contributed by atoms with E-state index < -0.39 is 0 Å². The Kier molecular flexibility index (Phi) is 4.31. The first-order valence-electron chi connectivity index (χ1n) is 7.88. The smallest absolute Gasteiger partial charge is 0.0804 e. The van der Waals surface area contributed by atoms with E-state index in [-0.39, 0.29) is 0 Å². The zero-order valence-corrected chi connectivity index (χ0v) is 14.6. The monoisotopic (exact) mass is 284 g/mol. The van der Waals surface area contributed by atoms with E-state index in [1.165, 1.54) is 44.6 Å². The van der Waals surface area contributed by atoms with Gasteiger partial charge in [0.1, 0.15) is 0 Å². The summed E-state index contributed by atoms with van der Waals surface area (Å²) in [6, 6.07) is 0. The Balaban J connectivity index is 2.20. The molecule has 2 fully saturated rings. The van der Waals surface area contributed by atoms with Gasteiger partial charge in [0, 0.05) is 29.9 Å². The molecule has 0 saturated carbocycles. The Morgan fingerprint density at radius 1 is 1.11 bits per heavy atom. The number of nitrogens with zero attached hydrogens (tertiary/aromatic N) is 2. The van der Waals surface area contributed by atoms with Gasteiger partial charge < -0.3 is 0 Å². The van der Waals surface area contributed by atoms with Crippen LogP contribution in [0.1, 0.15) is 60.8 Å². The van der Waals surface area contributed by atoms with E-state index in [1.807, 2.05) is 0 Å². The summed E-state index contributed by atoms with van der Waals surface area (Å²) in [4.78, 5) is 5.90. The maximum atomic E-state index is 2.78. The standard InChI is InChI=1S/C16H32N2S/c1-7-15(5,6)17-10-8-9-16(13-17)18(11-12-19-16)14(2,3)4/h7-13H2,1-6H3. The van der Waals surface area contributed by atoms with Gasteiger partial charge in [0.2, 0.25) is 0 Å². The van der Waals surface area contributed by atoms with Crippen LogP contribution in [0.3, 0.4) is 0 Å². The topological polar surface area (TPSA) is 6.48 Å². The summed E-state index contributed by atoms with van der Waals surface area (Å²) in [6.45, 7) is 18.1. The fraction of sp³-hybridized carbons (Fsp3) is 1.00. The molecule has 2 nitrogen and oxygen atoms in total. The number of piperidine rings is 1. The van der Waals surface area contributed by atoms with Crippen molar-refractivity contribution in [2.24, 2.45) is 0 Å². The van der Waals surface area contributed by atoms with Crippen molar-refractivity contribution >= 4 is 11.8 Å². The second-order valence-corrected chi connectivity index (χ2v) is 9.27. The molecule has 1 unspecified atom stereocenters. The van der Waals surface area contributed by atoms with E-state index in [9.17, 15) is 0 Å². The molecule has 2 aliphatic rings. The minimum absolute atomic E-state index is 0.295. The van der Waals surface area contributed by atoms with Gasteiger partial charge in [-0.25, -0.2) is 0 Å². The van der Waals surface area contributed by atoms with Crippen molar-refractivity contribution in [1.29, 1.82) is 0 Å². The van der Waals surface area contributed by atoms with Crippen LogP contribution in [0.4, 0.5) is 0 Å². The minimum atomic E-state index is 0.295. The van der Waals surface area contributed by atoms with Gasteiger partial charge in [-0.3, -0.25) is 9.80 Å².